The minimum absolute atomic E-state index is 0.191. The molecule has 0 atom stereocenters. The first-order valence-electron chi connectivity index (χ1n) is 4.71. The summed E-state index contributed by atoms with van der Waals surface area (Å²) in [5, 5.41) is 0. The summed E-state index contributed by atoms with van der Waals surface area (Å²) in [6.45, 7) is 6.66. The predicted molar refractivity (Wildman–Crippen MR) is 56.1 cm³/mol. The molecule has 1 aliphatic heterocycles. The third-order valence-electron chi connectivity index (χ3n) is 2.74. The number of rotatable bonds is 0. The van der Waals surface area contributed by atoms with E-state index in [1.54, 1.807) is 0 Å². The maximum atomic E-state index is 2.29. The summed E-state index contributed by atoms with van der Waals surface area (Å²) in [6, 6.07) is 6.66. The zero-order chi connectivity index (χ0) is 9.64. The highest BCUT2D eigenvalue weighted by Crippen LogP contribution is 2.35. The molecule has 68 valence electrons. The lowest BCUT2D eigenvalue weighted by Crippen LogP contribution is -2.16. The van der Waals surface area contributed by atoms with E-state index in [-0.39, 0.29) is 5.41 Å². The van der Waals surface area contributed by atoms with Gasteiger partial charge in [0.2, 0.25) is 5.69 Å². The van der Waals surface area contributed by atoms with Gasteiger partial charge >= 0.3 is 0 Å². The number of nitrogens with zero attached hydrogens (tertiary/aromatic N) is 1. The fraction of sp³-hybridized carbons (Fsp3) is 0.417. The Labute approximate surface area is 79.7 Å². The summed E-state index contributed by atoms with van der Waals surface area (Å²) in [6.07, 6.45) is 2.27. The Morgan fingerprint density at radius 1 is 1.23 bits per heavy atom. The van der Waals surface area contributed by atoms with E-state index in [0.717, 1.165) is 0 Å². The fourth-order valence-electron chi connectivity index (χ4n) is 2.10. The van der Waals surface area contributed by atoms with Crippen LogP contribution in [0.5, 0.6) is 0 Å². The van der Waals surface area contributed by atoms with Crippen molar-refractivity contribution in [2.75, 3.05) is 7.05 Å². The van der Waals surface area contributed by atoms with Gasteiger partial charge in [-0.2, -0.15) is 0 Å². The first kappa shape index (κ1) is 8.49. The SMILES string of the molecule is Cc1ccc2c(c1)C(C)(C)C=[N+]2C. The zero-order valence-electron chi connectivity index (χ0n) is 8.76. The van der Waals surface area contributed by atoms with Gasteiger partial charge in [-0.15, -0.1) is 0 Å². The van der Waals surface area contributed by atoms with Gasteiger partial charge < -0.3 is 0 Å². The number of fused-ring (bicyclic) bond motifs is 1. The summed E-state index contributed by atoms with van der Waals surface area (Å²) in [4.78, 5) is 0. The van der Waals surface area contributed by atoms with Gasteiger partial charge in [0.05, 0.1) is 5.41 Å². The maximum Gasteiger partial charge on any atom is 0.209 e. The van der Waals surface area contributed by atoms with Gasteiger partial charge in [0.15, 0.2) is 6.21 Å². The lowest BCUT2D eigenvalue weighted by molar-refractivity contribution is -0.397. The van der Waals surface area contributed by atoms with Crippen molar-refractivity contribution >= 4 is 11.9 Å². The van der Waals surface area contributed by atoms with Crippen LogP contribution in [0.4, 0.5) is 5.69 Å². The Morgan fingerprint density at radius 2 is 1.92 bits per heavy atom. The minimum atomic E-state index is 0.191. The number of hydrogen-bond donors (Lipinski definition) is 0. The van der Waals surface area contributed by atoms with E-state index in [1.165, 1.54) is 16.8 Å². The van der Waals surface area contributed by atoms with E-state index in [0.29, 0.717) is 0 Å². The summed E-state index contributed by atoms with van der Waals surface area (Å²) in [5.74, 6) is 0. The molecule has 1 aliphatic rings. The van der Waals surface area contributed by atoms with Crippen LogP contribution in [0, 0.1) is 6.92 Å². The molecule has 0 unspecified atom stereocenters. The second-order valence-corrected chi connectivity index (χ2v) is 4.48. The molecule has 0 saturated carbocycles. The molecule has 0 bridgehead atoms. The van der Waals surface area contributed by atoms with Gasteiger partial charge in [0, 0.05) is 11.6 Å². The normalized spacial score (nSPS) is 18.3. The van der Waals surface area contributed by atoms with Crippen molar-refractivity contribution in [2.45, 2.75) is 26.2 Å². The van der Waals surface area contributed by atoms with Crippen molar-refractivity contribution in [3.8, 4) is 0 Å². The van der Waals surface area contributed by atoms with Crippen LogP contribution in [-0.4, -0.2) is 17.8 Å². The average Bonchev–Trinajstić information content (AvgIpc) is 2.23. The van der Waals surface area contributed by atoms with Crippen molar-refractivity contribution in [1.29, 1.82) is 0 Å². The van der Waals surface area contributed by atoms with Gasteiger partial charge in [-0.25, -0.2) is 4.58 Å². The van der Waals surface area contributed by atoms with Crippen molar-refractivity contribution in [3.05, 3.63) is 29.3 Å². The molecule has 0 aromatic heterocycles. The fourth-order valence-corrected chi connectivity index (χ4v) is 2.10. The Kier molecular flexibility index (Phi) is 1.59. The third kappa shape index (κ3) is 1.19. The summed E-state index contributed by atoms with van der Waals surface area (Å²) < 4.78 is 2.22. The van der Waals surface area contributed by atoms with Crippen LogP contribution in [0.1, 0.15) is 25.0 Å². The topological polar surface area (TPSA) is 3.01 Å². The summed E-state index contributed by atoms with van der Waals surface area (Å²) >= 11 is 0. The van der Waals surface area contributed by atoms with Crippen LogP contribution in [-0.2, 0) is 5.41 Å². The largest absolute Gasteiger partial charge is 0.209 e. The molecule has 0 fully saturated rings. The van der Waals surface area contributed by atoms with Crippen LogP contribution in [0.3, 0.4) is 0 Å². The monoisotopic (exact) mass is 174 g/mol. The first-order chi connectivity index (χ1) is 6.00. The molecule has 0 N–H and O–H groups in total. The molecular weight excluding hydrogens is 158 g/mol. The van der Waals surface area contributed by atoms with Gasteiger partial charge in [-0.05, 0) is 26.8 Å². The summed E-state index contributed by atoms with van der Waals surface area (Å²) in [7, 11) is 2.11. The molecular formula is C12H16N+. The standard InChI is InChI=1S/C12H16N/c1-9-5-6-11-10(7-9)12(2,3)8-13(11)4/h5-8H,1-4H3/q+1. The Balaban J connectivity index is 2.68. The van der Waals surface area contributed by atoms with Crippen molar-refractivity contribution in [2.24, 2.45) is 0 Å². The number of hydrogen-bond acceptors (Lipinski definition) is 0. The van der Waals surface area contributed by atoms with Crippen LogP contribution in [0.2, 0.25) is 0 Å². The maximum absolute atomic E-state index is 2.29. The second kappa shape index (κ2) is 2.44. The van der Waals surface area contributed by atoms with Crippen LogP contribution >= 0.6 is 0 Å². The number of benzene rings is 1. The zero-order valence-corrected chi connectivity index (χ0v) is 8.76. The minimum Gasteiger partial charge on any atom is -0.204 e. The molecule has 1 aromatic rings. The van der Waals surface area contributed by atoms with Crippen LogP contribution in [0.15, 0.2) is 18.2 Å². The molecule has 0 saturated heterocycles. The van der Waals surface area contributed by atoms with Crippen LogP contribution in [0.25, 0.3) is 0 Å². The molecule has 1 heterocycles. The van der Waals surface area contributed by atoms with Crippen molar-refractivity contribution in [3.63, 3.8) is 0 Å². The highest BCUT2D eigenvalue weighted by atomic mass is 15.0. The highest BCUT2D eigenvalue weighted by molar-refractivity contribution is 5.77. The average molecular weight is 174 g/mol. The van der Waals surface area contributed by atoms with Crippen molar-refractivity contribution in [1.82, 2.24) is 0 Å². The lowest BCUT2D eigenvalue weighted by atomic mass is 9.86. The Hall–Kier alpha value is -1.11. The quantitative estimate of drug-likeness (QED) is 0.532. The molecule has 0 aliphatic carbocycles. The summed E-state index contributed by atoms with van der Waals surface area (Å²) in [5.41, 5.74) is 4.32. The molecule has 1 heteroatoms. The molecule has 13 heavy (non-hydrogen) atoms. The van der Waals surface area contributed by atoms with Crippen LogP contribution < -0.4 is 0 Å². The van der Waals surface area contributed by atoms with E-state index < -0.39 is 0 Å². The van der Waals surface area contributed by atoms with Gasteiger partial charge in [0.25, 0.3) is 0 Å². The molecule has 0 radical (unpaired) electrons. The second-order valence-electron chi connectivity index (χ2n) is 4.48. The van der Waals surface area contributed by atoms with Gasteiger partial charge in [0.1, 0.15) is 7.05 Å². The molecule has 0 amide bonds. The third-order valence-corrected chi connectivity index (χ3v) is 2.74. The molecule has 1 aromatic carbocycles. The van der Waals surface area contributed by atoms with Gasteiger partial charge in [-0.3, -0.25) is 0 Å². The Morgan fingerprint density at radius 3 is 2.62 bits per heavy atom. The smallest absolute Gasteiger partial charge is 0.204 e. The van der Waals surface area contributed by atoms with E-state index in [4.69, 9.17) is 0 Å². The van der Waals surface area contributed by atoms with Gasteiger partial charge in [-0.1, -0.05) is 11.6 Å². The highest BCUT2D eigenvalue weighted by Gasteiger charge is 2.34. The molecule has 1 nitrogen and oxygen atoms in total. The van der Waals surface area contributed by atoms with E-state index in [1.807, 2.05) is 0 Å². The first-order valence-corrected chi connectivity index (χ1v) is 4.71. The van der Waals surface area contributed by atoms with E-state index in [2.05, 4.69) is 56.8 Å². The molecule has 0 spiro atoms. The molecule has 2 rings (SSSR count). The van der Waals surface area contributed by atoms with E-state index in [9.17, 15) is 0 Å². The lowest BCUT2D eigenvalue weighted by Gasteiger charge is -2.11. The van der Waals surface area contributed by atoms with Crippen molar-refractivity contribution < 1.29 is 4.58 Å². The Bertz CT molecular complexity index is 386. The predicted octanol–water partition coefficient (Wildman–Crippen LogP) is 2.63. The number of aryl methyl sites for hydroxylation is 1. The van der Waals surface area contributed by atoms with E-state index >= 15 is 0 Å².